The Morgan fingerprint density at radius 2 is 2.21 bits per heavy atom. The van der Waals surface area contributed by atoms with Crippen LogP contribution in [0.4, 0.5) is 0 Å². The maximum Gasteiger partial charge on any atom is 0.139 e. The van der Waals surface area contributed by atoms with Crippen molar-refractivity contribution < 1.29 is 9.53 Å². The number of fused-ring (bicyclic) bond motifs is 1. The number of aryl methyl sites for hydroxylation is 1. The number of aromatic nitrogens is 2. The van der Waals surface area contributed by atoms with Gasteiger partial charge in [0.2, 0.25) is 0 Å². The number of carbonyl (C=O) groups excluding carboxylic acids is 1. The van der Waals surface area contributed by atoms with Gasteiger partial charge in [0.15, 0.2) is 0 Å². The van der Waals surface area contributed by atoms with Crippen LogP contribution in [-0.2, 0) is 22.5 Å². The van der Waals surface area contributed by atoms with Gasteiger partial charge in [-0.15, -0.1) is 0 Å². The Hall–Kier alpha value is -2.40. The summed E-state index contributed by atoms with van der Waals surface area (Å²) >= 11 is 0. The van der Waals surface area contributed by atoms with Gasteiger partial charge in [-0.05, 0) is 55.9 Å². The van der Waals surface area contributed by atoms with E-state index in [1.807, 2.05) is 37.5 Å². The number of aliphatic imine (C=N–C) groups is 1. The molecule has 2 aromatic heterocycles. The minimum absolute atomic E-state index is 0.252. The van der Waals surface area contributed by atoms with Gasteiger partial charge in [0.05, 0.1) is 18.4 Å². The Balaban J connectivity index is 1.38. The molecule has 2 atom stereocenters. The van der Waals surface area contributed by atoms with Crippen LogP contribution < -0.4 is 0 Å². The normalized spacial score (nSPS) is 19.4. The second kappa shape index (κ2) is 8.31. The maximum absolute atomic E-state index is 12.5. The molecule has 0 saturated carbocycles. The summed E-state index contributed by atoms with van der Waals surface area (Å²) in [6, 6.07) is 6.07. The molecule has 0 aliphatic carbocycles. The Bertz CT molecular complexity index is 900. The third kappa shape index (κ3) is 4.36. The van der Waals surface area contributed by atoms with Crippen LogP contribution in [0.25, 0.3) is 0 Å². The number of rotatable bonds is 7. The summed E-state index contributed by atoms with van der Waals surface area (Å²) in [6.45, 7) is 5.64. The number of ketones is 1. The molecule has 5 heteroatoms. The summed E-state index contributed by atoms with van der Waals surface area (Å²) in [5.74, 6) is 0.608. The molecule has 1 fully saturated rings. The lowest BCUT2D eigenvalue weighted by molar-refractivity contribution is -0.119. The summed E-state index contributed by atoms with van der Waals surface area (Å²) < 4.78 is 5.69. The molecule has 5 nitrogen and oxygen atoms in total. The van der Waals surface area contributed by atoms with Gasteiger partial charge in [-0.1, -0.05) is 6.92 Å². The Kier molecular flexibility index (Phi) is 5.62. The molecule has 4 rings (SSSR count). The zero-order chi connectivity index (χ0) is 19.5. The standard InChI is InChI=1S/C23H27N3O2/c1-15(9-21-4-3-7-28-21)8-20(27)12-19-11-18-13-26-23(22(18)14-25-19)17-5-6-24-16(2)10-17/h5-6,10-11,14-15,21H,3-4,7-9,12-13H2,1-2H3. The van der Waals surface area contributed by atoms with Gasteiger partial charge in [-0.3, -0.25) is 19.8 Å². The first-order valence-corrected chi connectivity index (χ1v) is 10.2. The summed E-state index contributed by atoms with van der Waals surface area (Å²) in [4.78, 5) is 26.0. The molecule has 0 N–H and O–H groups in total. The quantitative estimate of drug-likeness (QED) is 0.735. The average Bonchev–Trinajstić information content (AvgIpc) is 3.30. The first-order valence-electron chi connectivity index (χ1n) is 10.2. The van der Waals surface area contributed by atoms with E-state index in [-0.39, 0.29) is 5.78 Å². The van der Waals surface area contributed by atoms with Crippen LogP contribution in [-0.4, -0.2) is 34.2 Å². The van der Waals surface area contributed by atoms with Crippen molar-refractivity contribution in [1.29, 1.82) is 0 Å². The highest BCUT2D eigenvalue weighted by atomic mass is 16.5. The van der Waals surface area contributed by atoms with Gasteiger partial charge in [0, 0.05) is 54.4 Å². The second-order valence-electron chi connectivity index (χ2n) is 8.08. The van der Waals surface area contributed by atoms with Crippen molar-refractivity contribution in [3.8, 4) is 0 Å². The van der Waals surface area contributed by atoms with E-state index < -0.39 is 0 Å². The maximum atomic E-state index is 12.5. The van der Waals surface area contributed by atoms with Crippen LogP contribution in [0.2, 0.25) is 0 Å². The molecular formula is C23H27N3O2. The fourth-order valence-electron chi connectivity index (χ4n) is 4.20. The van der Waals surface area contributed by atoms with Crippen LogP contribution in [0, 0.1) is 12.8 Å². The third-order valence-corrected chi connectivity index (χ3v) is 5.52. The summed E-state index contributed by atoms with van der Waals surface area (Å²) in [5.41, 5.74) is 6.07. The van der Waals surface area contributed by atoms with Gasteiger partial charge >= 0.3 is 0 Å². The van der Waals surface area contributed by atoms with Gasteiger partial charge in [-0.2, -0.15) is 0 Å². The highest BCUT2D eigenvalue weighted by molar-refractivity contribution is 6.15. The van der Waals surface area contributed by atoms with Gasteiger partial charge in [0.25, 0.3) is 0 Å². The number of hydrogen-bond donors (Lipinski definition) is 0. The minimum Gasteiger partial charge on any atom is -0.378 e. The lowest BCUT2D eigenvalue weighted by atomic mass is 9.94. The molecule has 0 spiro atoms. The monoisotopic (exact) mass is 377 g/mol. The Morgan fingerprint density at radius 1 is 1.32 bits per heavy atom. The molecule has 0 amide bonds. The van der Waals surface area contributed by atoms with E-state index in [0.717, 1.165) is 59.7 Å². The zero-order valence-electron chi connectivity index (χ0n) is 16.6. The first-order chi connectivity index (χ1) is 13.6. The predicted octanol–water partition coefficient (Wildman–Crippen LogP) is 3.84. The molecule has 146 valence electrons. The van der Waals surface area contributed by atoms with Crippen LogP contribution in [0.5, 0.6) is 0 Å². The van der Waals surface area contributed by atoms with Gasteiger partial charge < -0.3 is 4.74 Å². The van der Waals surface area contributed by atoms with Crippen molar-refractivity contribution in [3.63, 3.8) is 0 Å². The molecule has 2 aromatic rings. The van der Waals surface area contributed by atoms with Crippen molar-refractivity contribution in [2.24, 2.45) is 10.9 Å². The average molecular weight is 377 g/mol. The van der Waals surface area contributed by atoms with Crippen LogP contribution >= 0.6 is 0 Å². The molecule has 4 heterocycles. The molecule has 0 bridgehead atoms. The van der Waals surface area contributed by atoms with Crippen molar-refractivity contribution in [3.05, 3.63) is 58.7 Å². The van der Waals surface area contributed by atoms with Gasteiger partial charge in [-0.25, -0.2) is 0 Å². The summed E-state index contributed by atoms with van der Waals surface area (Å²) in [6.07, 6.45) is 8.26. The Morgan fingerprint density at radius 3 is 3.00 bits per heavy atom. The third-order valence-electron chi connectivity index (χ3n) is 5.52. The van der Waals surface area contributed by atoms with E-state index in [2.05, 4.69) is 16.9 Å². The smallest absolute Gasteiger partial charge is 0.139 e. The molecular weight excluding hydrogens is 350 g/mol. The molecule has 2 aliphatic rings. The second-order valence-corrected chi connectivity index (χ2v) is 8.08. The molecule has 0 radical (unpaired) electrons. The van der Waals surface area contributed by atoms with E-state index in [1.165, 1.54) is 0 Å². The van der Waals surface area contributed by atoms with E-state index in [0.29, 0.717) is 31.4 Å². The topological polar surface area (TPSA) is 64.4 Å². The molecule has 2 aliphatic heterocycles. The molecule has 2 unspecified atom stereocenters. The van der Waals surface area contributed by atoms with Crippen molar-refractivity contribution in [2.45, 2.75) is 58.6 Å². The highest BCUT2D eigenvalue weighted by Gasteiger charge is 2.22. The van der Waals surface area contributed by atoms with E-state index in [1.54, 1.807) is 0 Å². The lowest BCUT2D eigenvalue weighted by Crippen LogP contribution is -2.15. The van der Waals surface area contributed by atoms with E-state index in [9.17, 15) is 4.79 Å². The summed E-state index contributed by atoms with van der Waals surface area (Å²) in [5, 5.41) is 0. The predicted molar refractivity (Wildman–Crippen MR) is 109 cm³/mol. The molecule has 28 heavy (non-hydrogen) atoms. The Labute approximate surface area is 166 Å². The van der Waals surface area contributed by atoms with Crippen molar-refractivity contribution in [1.82, 2.24) is 9.97 Å². The van der Waals surface area contributed by atoms with Gasteiger partial charge in [0.1, 0.15) is 5.78 Å². The fraction of sp³-hybridized carbons (Fsp3) is 0.478. The highest BCUT2D eigenvalue weighted by Crippen LogP contribution is 2.25. The minimum atomic E-state index is 0.252. The van der Waals surface area contributed by atoms with Crippen LogP contribution in [0.15, 0.2) is 35.6 Å². The summed E-state index contributed by atoms with van der Waals surface area (Å²) in [7, 11) is 0. The lowest BCUT2D eigenvalue weighted by Gasteiger charge is -2.15. The molecule has 1 saturated heterocycles. The zero-order valence-corrected chi connectivity index (χ0v) is 16.6. The van der Waals surface area contributed by atoms with E-state index >= 15 is 0 Å². The number of ether oxygens (including phenoxy) is 1. The largest absolute Gasteiger partial charge is 0.378 e. The number of carbonyl (C=O) groups is 1. The first kappa shape index (κ1) is 18.9. The van der Waals surface area contributed by atoms with Crippen molar-refractivity contribution >= 4 is 11.5 Å². The SMILES string of the molecule is Cc1cc(C2=NCc3cc(CC(=O)CC(C)CC4CCCO4)ncc32)ccn1. The van der Waals surface area contributed by atoms with Crippen LogP contribution in [0.3, 0.4) is 0 Å². The van der Waals surface area contributed by atoms with Crippen molar-refractivity contribution in [2.75, 3.05) is 6.61 Å². The fourth-order valence-corrected chi connectivity index (χ4v) is 4.20. The number of nitrogens with zero attached hydrogens (tertiary/aromatic N) is 3. The van der Waals surface area contributed by atoms with E-state index in [4.69, 9.17) is 9.73 Å². The number of hydrogen-bond acceptors (Lipinski definition) is 5. The molecule has 0 aromatic carbocycles. The number of pyridine rings is 2. The van der Waals surface area contributed by atoms with Crippen LogP contribution in [0.1, 0.15) is 60.7 Å². The number of Topliss-reactive ketones (excluding diaryl/α,β-unsaturated/α-hetero) is 1.